The van der Waals surface area contributed by atoms with Gasteiger partial charge in [0.2, 0.25) is 15.9 Å². The zero-order valence-electron chi connectivity index (χ0n) is 13.1. The van der Waals surface area contributed by atoms with E-state index in [2.05, 4.69) is 10.3 Å². The number of piperidine rings is 1. The maximum absolute atomic E-state index is 12.9. The maximum Gasteiger partial charge on any atom is 0.243 e. The molecular weight excluding hydrogens is 346 g/mol. The summed E-state index contributed by atoms with van der Waals surface area (Å²) in [6.07, 6.45) is 4.20. The molecule has 1 atom stereocenters. The SMILES string of the molecule is O=C(CC1CCCCN1S(=O)(=O)c1ccccc1)Nc1nccs1. The van der Waals surface area contributed by atoms with Crippen molar-refractivity contribution in [3.8, 4) is 0 Å². The molecule has 128 valence electrons. The van der Waals surface area contributed by atoms with Crippen molar-refractivity contribution in [1.29, 1.82) is 0 Å². The largest absolute Gasteiger partial charge is 0.302 e. The van der Waals surface area contributed by atoms with Crippen molar-refractivity contribution in [1.82, 2.24) is 9.29 Å². The quantitative estimate of drug-likeness (QED) is 0.883. The van der Waals surface area contributed by atoms with Crippen molar-refractivity contribution in [3.05, 3.63) is 41.9 Å². The first-order valence-corrected chi connectivity index (χ1v) is 10.2. The second-order valence-electron chi connectivity index (χ2n) is 5.67. The lowest BCUT2D eigenvalue weighted by Crippen LogP contribution is -2.45. The van der Waals surface area contributed by atoms with E-state index in [1.807, 2.05) is 0 Å². The number of thiazole rings is 1. The number of aromatic nitrogens is 1. The lowest BCUT2D eigenvalue weighted by molar-refractivity contribution is -0.117. The van der Waals surface area contributed by atoms with Crippen molar-refractivity contribution in [2.75, 3.05) is 11.9 Å². The van der Waals surface area contributed by atoms with Crippen LogP contribution in [0.2, 0.25) is 0 Å². The number of benzene rings is 1. The first-order valence-electron chi connectivity index (χ1n) is 7.83. The van der Waals surface area contributed by atoms with Crippen LogP contribution in [0.4, 0.5) is 5.13 Å². The summed E-state index contributed by atoms with van der Waals surface area (Å²) < 4.78 is 27.2. The topological polar surface area (TPSA) is 79.4 Å². The fourth-order valence-electron chi connectivity index (χ4n) is 2.89. The monoisotopic (exact) mass is 365 g/mol. The zero-order valence-corrected chi connectivity index (χ0v) is 14.7. The van der Waals surface area contributed by atoms with Crippen LogP contribution in [0.5, 0.6) is 0 Å². The Hall–Kier alpha value is -1.77. The summed E-state index contributed by atoms with van der Waals surface area (Å²) >= 11 is 1.34. The Kier molecular flexibility index (Phi) is 5.27. The molecule has 1 amide bonds. The molecule has 0 saturated carbocycles. The van der Waals surface area contributed by atoms with Crippen molar-refractivity contribution >= 4 is 32.4 Å². The molecule has 1 aromatic heterocycles. The molecule has 1 saturated heterocycles. The average Bonchev–Trinajstić information content (AvgIpc) is 3.09. The van der Waals surface area contributed by atoms with Gasteiger partial charge in [-0.3, -0.25) is 4.79 Å². The number of sulfonamides is 1. The van der Waals surface area contributed by atoms with Gasteiger partial charge in [-0.25, -0.2) is 13.4 Å². The van der Waals surface area contributed by atoms with Gasteiger partial charge in [0.25, 0.3) is 0 Å². The minimum Gasteiger partial charge on any atom is -0.302 e. The molecule has 3 rings (SSSR count). The van der Waals surface area contributed by atoms with E-state index in [1.165, 1.54) is 15.6 Å². The lowest BCUT2D eigenvalue weighted by Gasteiger charge is -2.34. The van der Waals surface area contributed by atoms with E-state index >= 15 is 0 Å². The lowest BCUT2D eigenvalue weighted by atomic mass is 10.0. The Labute approximate surface area is 145 Å². The van der Waals surface area contributed by atoms with Gasteiger partial charge in [-0.05, 0) is 25.0 Å². The fourth-order valence-corrected chi connectivity index (χ4v) is 5.15. The molecule has 0 radical (unpaired) electrons. The van der Waals surface area contributed by atoms with Crippen molar-refractivity contribution in [2.24, 2.45) is 0 Å². The van der Waals surface area contributed by atoms with Crippen LogP contribution in [-0.4, -0.2) is 36.2 Å². The molecule has 6 nitrogen and oxygen atoms in total. The van der Waals surface area contributed by atoms with Crippen molar-refractivity contribution in [2.45, 2.75) is 36.6 Å². The van der Waals surface area contributed by atoms with Gasteiger partial charge >= 0.3 is 0 Å². The molecule has 0 spiro atoms. The van der Waals surface area contributed by atoms with Crippen LogP contribution >= 0.6 is 11.3 Å². The summed E-state index contributed by atoms with van der Waals surface area (Å²) in [6, 6.07) is 8.08. The van der Waals surface area contributed by atoms with Gasteiger partial charge in [-0.15, -0.1) is 11.3 Å². The highest BCUT2D eigenvalue weighted by atomic mass is 32.2. The minimum atomic E-state index is -3.58. The second kappa shape index (κ2) is 7.42. The van der Waals surface area contributed by atoms with Gasteiger partial charge in [0.1, 0.15) is 0 Å². The highest BCUT2D eigenvalue weighted by Gasteiger charge is 2.34. The summed E-state index contributed by atoms with van der Waals surface area (Å²) in [7, 11) is -3.58. The number of nitrogens with zero attached hydrogens (tertiary/aromatic N) is 2. The molecule has 24 heavy (non-hydrogen) atoms. The first-order chi connectivity index (χ1) is 11.6. The van der Waals surface area contributed by atoms with Crippen LogP contribution in [0, 0.1) is 0 Å². The van der Waals surface area contributed by atoms with E-state index in [0.29, 0.717) is 18.1 Å². The smallest absolute Gasteiger partial charge is 0.243 e. The summed E-state index contributed by atoms with van der Waals surface area (Å²) in [6.45, 7) is 0.451. The van der Waals surface area contributed by atoms with Gasteiger partial charge in [-0.1, -0.05) is 24.6 Å². The third-order valence-electron chi connectivity index (χ3n) is 4.02. The number of hydrogen-bond acceptors (Lipinski definition) is 5. The number of rotatable bonds is 5. The predicted molar refractivity (Wildman–Crippen MR) is 93.3 cm³/mol. The van der Waals surface area contributed by atoms with Crippen molar-refractivity contribution < 1.29 is 13.2 Å². The Morgan fingerprint density at radius 2 is 2.08 bits per heavy atom. The van der Waals surface area contributed by atoms with Crippen LogP contribution < -0.4 is 5.32 Å². The van der Waals surface area contributed by atoms with Gasteiger partial charge in [0, 0.05) is 30.6 Å². The van der Waals surface area contributed by atoms with Crippen LogP contribution in [0.3, 0.4) is 0 Å². The molecule has 0 bridgehead atoms. The normalized spacial score (nSPS) is 19.1. The summed E-state index contributed by atoms with van der Waals surface area (Å²) in [5.41, 5.74) is 0. The fraction of sp³-hybridized carbons (Fsp3) is 0.375. The van der Waals surface area contributed by atoms with E-state index in [9.17, 15) is 13.2 Å². The third kappa shape index (κ3) is 3.82. The molecule has 1 N–H and O–H groups in total. The van der Waals surface area contributed by atoms with E-state index < -0.39 is 10.0 Å². The molecule has 0 aliphatic carbocycles. The Morgan fingerprint density at radius 3 is 2.79 bits per heavy atom. The van der Waals surface area contributed by atoms with Crippen molar-refractivity contribution in [3.63, 3.8) is 0 Å². The number of anilines is 1. The van der Waals surface area contributed by atoms with Crippen LogP contribution in [-0.2, 0) is 14.8 Å². The second-order valence-corrected chi connectivity index (χ2v) is 8.45. The molecule has 1 fully saturated rings. The molecule has 1 aliphatic rings. The number of hydrogen-bond donors (Lipinski definition) is 1. The predicted octanol–water partition coefficient (Wildman–Crippen LogP) is 2.72. The molecule has 2 aromatic rings. The highest BCUT2D eigenvalue weighted by molar-refractivity contribution is 7.89. The average molecular weight is 365 g/mol. The zero-order chi connectivity index (χ0) is 17.0. The third-order valence-corrected chi connectivity index (χ3v) is 6.68. The molecule has 1 aromatic carbocycles. The number of carbonyl (C=O) groups is 1. The molecule has 8 heteroatoms. The number of carbonyl (C=O) groups excluding carboxylic acids is 1. The highest BCUT2D eigenvalue weighted by Crippen LogP contribution is 2.27. The van der Waals surface area contributed by atoms with Crippen LogP contribution in [0.25, 0.3) is 0 Å². The Balaban J connectivity index is 1.75. The summed E-state index contributed by atoms with van der Waals surface area (Å²) in [4.78, 5) is 16.5. The van der Waals surface area contributed by atoms with Crippen LogP contribution in [0.1, 0.15) is 25.7 Å². The number of amides is 1. The maximum atomic E-state index is 12.9. The first kappa shape index (κ1) is 17.1. The summed E-state index contributed by atoms with van der Waals surface area (Å²) in [5, 5.41) is 5.04. The minimum absolute atomic E-state index is 0.144. The van der Waals surface area contributed by atoms with E-state index in [4.69, 9.17) is 0 Å². The van der Waals surface area contributed by atoms with E-state index in [-0.39, 0.29) is 23.3 Å². The standard InChI is InChI=1S/C16H19N3O3S2/c20-15(18-16-17-9-11-23-16)12-13-6-4-5-10-19(13)24(21,22)14-7-2-1-3-8-14/h1-3,7-9,11,13H,4-6,10,12H2,(H,17,18,20). The van der Waals surface area contributed by atoms with E-state index in [0.717, 1.165) is 12.8 Å². The Morgan fingerprint density at radius 1 is 1.29 bits per heavy atom. The Bertz CT molecular complexity index is 776. The van der Waals surface area contributed by atoms with Gasteiger partial charge in [0.15, 0.2) is 5.13 Å². The van der Waals surface area contributed by atoms with E-state index in [1.54, 1.807) is 41.9 Å². The van der Waals surface area contributed by atoms with Gasteiger partial charge in [0.05, 0.1) is 4.90 Å². The van der Waals surface area contributed by atoms with Crippen LogP contribution in [0.15, 0.2) is 46.8 Å². The van der Waals surface area contributed by atoms with Gasteiger partial charge in [-0.2, -0.15) is 4.31 Å². The molecule has 2 heterocycles. The summed E-state index contributed by atoms with van der Waals surface area (Å²) in [5.74, 6) is -0.204. The molecule has 1 unspecified atom stereocenters. The molecular formula is C16H19N3O3S2. The molecule has 1 aliphatic heterocycles. The number of nitrogens with one attached hydrogen (secondary N) is 1. The van der Waals surface area contributed by atoms with Gasteiger partial charge < -0.3 is 5.32 Å².